The lowest BCUT2D eigenvalue weighted by molar-refractivity contribution is 0.990. The summed E-state index contributed by atoms with van der Waals surface area (Å²) in [5, 5.41) is 15.2. The van der Waals surface area contributed by atoms with Crippen LogP contribution in [0.4, 0.5) is 5.13 Å². The molecule has 0 aliphatic heterocycles. The van der Waals surface area contributed by atoms with Crippen molar-refractivity contribution in [3.8, 4) is 10.4 Å². The summed E-state index contributed by atoms with van der Waals surface area (Å²) in [5.41, 5.74) is 2.06. The van der Waals surface area contributed by atoms with Crippen LogP contribution in [0, 0.1) is 6.92 Å². The van der Waals surface area contributed by atoms with E-state index in [0.29, 0.717) is 23.5 Å². The molecule has 156 valence electrons. The van der Waals surface area contributed by atoms with E-state index in [1.165, 1.54) is 44.9 Å². The van der Waals surface area contributed by atoms with Crippen LogP contribution in [0.1, 0.15) is 16.3 Å². The molecular weight excluding hydrogens is 467 g/mol. The van der Waals surface area contributed by atoms with E-state index in [1.54, 1.807) is 11.3 Å². The zero-order chi connectivity index (χ0) is 21.2. The van der Waals surface area contributed by atoms with Gasteiger partial charge in [0.25, 0.3) is 5.56 Å². The van der Waals surface area contributed by atoms with E-state index in [2.05, 4.69) is 56.7 Å². The first kappa shape index (κ1) is 20.4. The molecule has 0 saturated carbocycles. The number of aromatic amines is 1. The van der Waals surface area contributed by atoms with Crippen molar-refractivity contribution in [2.75, 3.05) is 5.32 Å². The molecule has 1 aromatic carbocycles. The van der Waals surface area contributed by atoms with E-state index in [1.807, 2.05) is 23.6 Å². The molecule has 6 nitrogen and oxygen atoms in total. The van der Waals surface area contributed by atoms with Crippen molar-refractivity contribution in [3.63, 3.8) is 0 Å². The van der Waals surface area contributed by atoms with Gasteiger partial charge in [0.05, 0.1) is 11.1 Å². The van der Waals surface area contributed by atoms with Gasteiger partial charge in [0.2, 0.25) is 5.13 Å². The Morgan fingerprint density at radius 2 is 1.97 bits per heavy atom. The first-order chi connectivity index (χ1) is 15.2. The van der Waals surface area contributed by atoms with Gasteiger partial charge >= 0.3 is 0 Å². The molecule has 5 aromatic rings. The minimum absolute atomic E-state index is 0.0922. The largest absolute Gasteiger partial charge is 0.356 e. The first-order valence-electron chi connectivity index (χ1n) is 9.47. The van der Waals surface area contributed by atoms with Crippen LogP contribution >= 0.6 is 45.8 Å². The van der Waals surface area contributed by atoms with Gasteiger partial charge in [0.15, 0.2) is 4.34 Å². The normalized spacial score (nSPS) is 11.3. The van der Waals surface area contributed by atoms with Gasteiger partial charge in [-0.25, -0.2) is 4.98 Å². The second-order valence-electron chi connectivity index (χ2n) is 6.75. The third-order valence-electron chi connectivity index (χ3n) is 4.52. The number of fused-ring (bicyclic) bond motifs is 1. The molecule has 2 N–H and O–H groups in total. The zero-order valence-corrected chi connectivity index (χ0v) is 19.7. The second-order valence-corrected chi connectivity index (χ2v) is 11.1. The summed E-state index contributed by atoms with van der Waals surface area (Å²) in [6, 6.07) is 14.3. The smallest absolute Gasteiger partial charge is 0.260 e. The molecule has 0 atom stereocenters. The van der Waals surface area contributed by atoms with E-state index in [4.69, 9.17) is 0 Å². The summed E-state index contributed by atoms with van der Waals surface area (Å²) < 4.78 is 0.833. The number of anilines is 1. The SMILES string of the molecule is Cc1ccc(-c2csc3nc(CSc4nnc(NCc5ccccc5)s4)[nH]c(=O)c23)s1. The van der Waals surface area contributed by atoms with Crippen LogP contribution in [0.25, 0.3) is 20.7 Å². The monoisotopic (exact) mass is 483 g/mol. The Balaban J connectivity index is 1.27. The fourth-order valence-corrected chi connectivity index (χ4v) is 6.61. The van der Waals surface area contributed by atoms with Crippen LogP contribution in [0.2, 0.25) is 0 Å². The summed E-state index contributed by atoms with van der Waals surface area (Å²) >= 11 is 6.21. The van der Waals surface area contributed by atoms with Crippen molar-refractivity contribution in [3.05, 3.63) is 74.5 Å². The number of aryl methyl sites for hydroxylation is 1. The Hall–Kier alpha value is -2.53. The van der Waals surface area contributed by atoms with Crippen molar-refractivity contribution >= 4 is 61.1 Å². The molecule has 4 heterocycles. The minimum Gasteiger partial charge on any atom is -0.356 e. The van der Waals surface area contributed by atoms with Gasteiger partial charge in [-0.2, -0.15) is 0 Å². The van der Waals surface area contributed by atoms with Gasteiger partial charge < -0.3 is 10.3 Å². The van der Waals surface area contributed by atoms with Crippen molar-refractivity contribution in [1.82, 2.24) is 20.2 Å². The molecule has 0 spiro atoms. The van der Waals surface area contributed by atoms with Crippen LogP contribution in [-0.2, 0) is 12.3 Å². The molecule has 0 amide bonds. The lowest BCUT2D eigenvalue weighted by atomic mass is 10.2. The van der Waals surface area contributed by atoms with E-state index >= 15 is 0 Å². The molecule has 10 heteroatoms. The van der Waals surface area contributed by atoms with Gasteiger partial charge in [0.1, 0.15) is 10.7 Å². The average molecular weight is 484 g/mol. The molecule has 0 fully saturated rings. The number of nitrogens with zero attached hydrogens (tertiary/aromatic N) is 3. The topological polar surface area (TPSA) is 83.6 Å². The lowest BCUT2D eigenvalue weighted by Gasteiger charge is -2.01. The van der Waals surface area contributed by atoms with Gasteiger partial charge in [0, 0.05) is 27.2 Å². The predicted octanol–water partition coefficient (Wildman–Crippen LogP) is 5.78. The van der Waals surface area contributed by atoms with E-state index < -0.39 is 0 Å². The number of hydrogen-bond donors (Lipinski definition) is 2. The van der Waals surface area contributed by atoms with E-state index in [9.17, 15) is 4.79 Å². The van der Waals surface area contributed by atoms with Crippen LogP contribution in [0.15, 0.2) is 57.0 Å². The highest BCUT2D eigenvalue weighted by molar-refractivity contribution is 8.00. The second kappa shape index (κ2) is 8.91. The number of hydrogen-bond acceptors (Lipinski definition) is 9. The number of benzene rings is 1. The molecule has 5 rings (SSSR count). The number of thiophene rings is 2. The Bertz CT molecular complexity index is 1390. The lowest BCUT2D eigenvalue weighted by Crippen LogP contribution is -2.10. The highest BCUT2D eigenvalue weighted by Crippen LogP contribution is 2.35. The predicted molar refractivity (Wildman–Crippen MR) is 132 cm³/mol. The summed E-state index contributed by atoms with van der Waals surface area (Å²) in [6.45, 7) is 2.77. The maximum atomic E-state index is 12.8. The summed E-state index contributed by atoms with van der Waals surface area (Å²) in [5.74, 6) is 1.18. The molecule has 0 radical (unpaired) electrons. The maximum Gasteiger partial charge on any atom is 0.260 e. The Morgan fingerprint density at radius 1 is 1.10 bits per heavy atom. The van der Waals surface area contributed by atoms with Gasteiger partial charge in [-0.05, 0) is 24.6 Å². The van der Waals surface area contributed by atoms with Crippen molar-refractivity contribution in [2.24, 2.45) is 0 Å². The fraction of sp³-hybridized carbons (Fsp3) is 0.143. The van der Waals surface area contributed by atoms with Crippen LogP contribution < -0.4 is 10.9 Å². The molecule has 0 saturated heterocycles. The molecule has 0 bridgehead atoms. The Labute approximate surface area is 194 Å². The van der Waals surface area contributed by atoms with Crippen molar-refractivity contribution < 1.29 is 0 Å². The number of nitrogens with one attached hydrogen (secondary N) is 2. The Morgan fingerprint density at radius 3 is 2.77 bits per heavy atom. The third kappa shape index (κ3) is 4.57. The van der Waals surface area contributed by atoms with Crippen LogP contribution in [0.5, 0.6) is 0 Å². The quantitative estimate of drug-likeness (QED) is 0.286. The fourth-order valence-electron chi connectivity index (χ4n) is 3.07. The highest BCUT2D eigenvalue weighted by Gasteiger charge is 2.15. The number of rotatable bonds is 7. The number of aromatic nitrogens is 4. The van der Waals surface area contributed by atoms with Gasteiger partial charge in [-0.3, -0.25) is 4.79 Å². The summed E-state index contributed by atoms with van der Waals surface area (Å²) in [4.78, 5) is 23.5. The maximum absolute atomic E-state index is 12.8. The van der Waals surface area contributed by atoms with E-state index in [0.717, 1.165) is 24.7 Å². The van der Waals surface area contributed by atoms with Gasteiger partial charge in [-0.1, -0.05) is 53.4 Å². The highest BCUT2D eigenvalue weighted by atomic mass is 32.2. The zero-order valence-electron chi connectivity index (χ0n) is 16.4. The summed E-state index contributed by atoms with van der Waals surface area (Å²) in [7, 11) is 0. The summed E-state index contributed by atoms with van der Waals surface area (Å²) in [6.07, 6.45) is 0. The molecular formula is C21H17N5OS4. The molecule has 0 aliphatic carbocycles. The first-order valence-corrected chi connectivity index (χ1v) is 13.0. The Kier molecular flexibility index (Phi) is 5.86. The third-order valence-corrected chi connectivity index (χ3v) is 8.46. The number of thioether (sulfide) groups is 1. The van der Waals surface area contributed by atoms with Crippen molar-refractivity contribution in [2.45, 2.75) is 23.6 Å². The van der Waals surface area contributed by atoms with Gasteiger partial charge in [-0.15, -0.1) is 32.9 Å². The minimum atomic E-state index is -0.0922. The average Bonchev–Trinajstić information content (AvgIpc) is 3.51. The van der Waals surface area contributed by atoms with Crippen LogP contribution in [0.3, 0.4) is 0 Å². The van der Waals surface area contributed by atoms with E-state index in [-0.39, 0.29) is 5.56 Å². The molecule has 4 aromatic heterocycles. The van der Waals surface area contributed by atoms with Crippen LogP contribution in [-0.4, -0.2) is 20.2 Å². The molecule has 31 heavy (non-hydrogen) atoms. The number of H-pyrrole nitrogens is 1. The molecule has 0 unspecified atom stereocenters. The standard InChI is InChI=1S/C21H17N5OS4/c1-12-7-8-15(30-12)14-10-28-19-17(14)18(27)23-16(24-19)11-29-21-26-25-20(31-21)22-9-13-5-3-2-4-6-13/h2-8,10H,9,11H2,1H3,(H,22,25)(H,23,24,27). The molecule has 0 aliphatic rings. The van der Waals surface area contributed by atoms with Crippen molar-refractivity contribution in [1.29, 1.82) is 0 Å².